The van der Waals surface area contributed by atoms with E-state index in [-0.39, 0.29) is 5.92 Å². The second-order valence-corrected chi connectivity index (χ2v) is 7.50. The molecular weight excluding hydrogens is 354 g/mol. The maximum Gasteiger partial charge on any atom is 0.0991 e. The number of fused-ring (bicyclic) bond motifs is 1. The zero-order valence-corrected chi connectivity index (χ0v) is 17.0. The average Bonchev–Trinajstić information content (AvgIpc) is 2.75. The zero-order valence-electron chi connectivity index (χ0n) is 17.0. The molecule has 1 aliphatic rings. The fraction of sp³-hybridized carbons (Fsp3) is 0.154. The minimum absolute atomic E-state index is 0.218. The third kappa shape index (κ3) is 3.46. The fourth-order valence-electron chi connectivity index (χ4n) is 3.77. The number of benzene rings is 2. The Morgan fingerprint density at radius 1 is 1.03 bits per heavy atom. The third-order valence-corrected chi connectivity index (χ3v) is 5.62. The van der Waals surface area contributed by atoms with Crippen LogP contribution in [0.1, 0.15) is 46.5 Å². The van der Waals surface area contributed by atoms with Crippen LogP contribution >= 0.6 is 0 Å². The first-order valence-corrected chi connectivity index (χ1v) is 9.70. The van der Waals surface area contributed by atoms with Crippen molar-refractivity contribution in [3.05, 3.63) is 113 Å². The van der Waals surface area contributed by atoms with Gasteiger partial charge in [-0.3, -0.25) is 4.98 Å². The van der Waals surface area contributed by atoms with E-state index >= 15 is 0 Å². The molecule has 0 spiro atoms. The SMILES string of the molecule is C=C1C=C(c2cccc(C)n2)c2cc(C(C)c3ccc(C#N)cc3)ccc2N1C. The lowest BCUT2D eigenvalue weighted by Crippen LogP contribution is -2.20. The topological polar surface area (TPSA) is 39.9 Å². The second kappa shape index (κ2) is 7.41. The first kappa shape index (κ1) is 18.7. The van der Waals surface area contributed by atoms with E-state index in [1.165, 1.54) is 11.1 Å². The van der Waals surface area contributed by atoms with Crippen LogP contribution in [0.4, 0.5) is 5.69 Å². The lowest BCUT2D eigenvalue weighted by atomic mass is 9.87. The van der Waals surface area contributed by atoms with Crippen molar-refractivity contribution in [1.29, 1.82) is 5.26 Å². The van der Waals surface area contributed by atoms with Gasteiger partial charge in [0.1, 0.15) is 0 Å². The highest BCUT2D eigenvalue weighted by molar-refractivity contribution is 5.91. The van der Waals surface area contributed by atoms with Crippen molar-refractivity contribution in [2.75, 3.05) is 11.9 Å². The highest BCUT2D eigenvalue weighted by Gasteiger charge is 2.22. The first-order chi connectivity index (χ1) is 14.0. The zero-order chi connectivity index (χ0) is 20.5. The molecule has 142 valence electrons. The predicted octanol–water partition coefficient (Wildman–Crippen LogP) is 5.81. The second-order valence-electron chi connectivity index (χ2n) is 7.50. The molecule has 1 unspecified atom stereocenters. The van der Waals surface area contributed by atoms with E-state index in [0.717, 1.165) is 33.9 Å². The number of aromatic nitrogens is 1. The third-order valence-electron chi connectivity index (χ3n) is 5.62. The summed E-state index contributed by atoms with van der Waals surface area (Å²) < 4.78 is 0. The Hall–Kier alpha value is -3.64. The number of hydrogen-bond acceptors (Lipinski definition) is 3. The number of nitriles is 1. The van der Waals surface area contributed by atoms with Gasteiger partial charge in [-0.05, 0) is 60.5 Å². The maximum absolute atomic E-state index is 9.05. The largest absolute Gasteiger partial charge is 0.345 e. The van der Waals surface area contributed by atoms with Crippen molar-refractivity contribution in [2.24, 2.45) is 0 Å². The van der Waals surface area contributed by atoms with E-state index < -0.39 is 0 Å². The summed E-state index contributed by atoms with van der Waals surface area (Å²) in [5.74, 6) is 0.218. The van der Waals surface area contributed by atoms with E-state index in [4.69, 9.17) is 10.2 Å². The number of hydrogen-bond donors (Lipinski definition) is 0. The van der Waals surface area contributed by atoms with Crippen LogP contribution in [-0.4, -0.2) is 12.0 Å². The standard InChI is InChI=1S/C26H23N3/c1-17-6-5-7-25(28-17)23-14-18(2)29(4)26-13-12-22(15-24(23)26)19(3)21-10-8-20(16-27)9-11-21/h5-15,19H,2H2,1,3-4H3. The quantitative estimate of drug-likeness (QED) is 0.578. The molecule has 2 heterocycles. The van der Waals surface area contributed by atoms with Crippen LogP contribution in [0.15, 0.2) is 79.0 Å². The fourth-order valence-corrected chi connectivity index (χ4v) is 3.77. The molecule has 0 radical (unpaired) electrons. The normalized spacial score (nSPS) is 14.1. The Labute approximate surface area is 172 Å². The molecule has 29 heavy (non-hydrogen) atoms. The minimum Gasteiger partial charge on any atom is -0.345 e. The lowest BCUT2D eigenvalue weighted by molar-refractivity contribution is 0.919. The molecular formula is C26H23N3. The Kier molecular flexibility index (Phi) is 4.78. The number of rotatable bonds is 3. The number of allylic oxidation sites excluding steroid dienone is 1. The summed E-state index contributed by atoms with van der Waals surface area (Å²) in [7, 11) is 2.04. The highest BCUT2D eigenvalue weighted by atomic mass is 15.1. The number of anilines is 1. The minimum atomic E-state index is 0.218. The number of likely N-dealkylation sites (N-methyl/N-ethyl adjacent to an activating group) is 1. The van der Waals surface area contributed by atoms with E-state index in [1.807, 2.05) is 50.4 Å². The molecule has 0 bridgehead atoms. The summed E-state index contributed by atoms with van der Waals surface area (Å²) >= 11 is 0. The summed E-state index contributed by atoms with van der Waals surface area (Å²) in [6.45, 7) is 8.42. The van der Waals surface area contributed by atoms with E-state index in [1.54, 1.807) is 0 Å². The van der Waals surface area contributed by atoms with E-state index in [0.29, 0.717) is 5.56 Å². The van der Waals surface area contributed by atoms with Gasteiger partial charge in [0.2, 0.25) is 0 Å². The van der Waals surface area contributed by atoms with Gasteiger partial charge in [0.05, 0.1) is 17.3 Å². The Balaban J connectivity index is 1.80. The van der Waals surface area contributed by atoms with Crippen LogP contribution in [0, 0.1) is 18.3 Å². The van der Waals surface area contributed by atoms with E-state index in [2.05, 4.69) is 54.8 Å². The molecule has 0 saturated carbocycles. The molecule has 3 aromatic rings. The van der Waals surface area contributed by atoms with Crippen LogP contribution in [-0.2, 0) is 0 Å². The van der Waals surface area contributed by atoms with Gasteiger partial charge in [-0.2, -0.15) is 5.26 Å². The van der Waals surface area contributed by atoms with Crippen LogP contribution in [0.5, 0.6) is 0 Å². The summed E-state index contributed by atoms with van der Waals surface area (Å²) in [4.78, 5) is 6.86. The maximum atomic E-state index is 9.05. The van der Waals surface area contributed by atoms with E-state index in [9.17, 15) is 0 Å². The molecule has 4 rings (SSSR count). The van der Waals surface area contributed by atoms with Gasteiger partial charge in [0, 0.05) is 41.2 Å². The van der Waals surface area contributed by atoms with Crippen molar-refractivity contribution in [3.8, 4) is 6.07 Å². The average molecular weight is 377 g/mol. The van der Waals surface area contributed by atoms with Crippen molar-refractivity contribution in [2.45, 2.75) is 19.8 Å². The first-order valence-electron chi connectivity index (χ1n) is 9.70. The molecule has 0 aliphatic carbocycles. The molecule has 3 heteroatoms. The molecule has 1 aliphatic heterocycles. The number of aryl methyl sites for hydroxylation is 1. The monoisotopic (exact) mass is 377 g/mol. The van der Waals surface area contributed by atoms with Gasteiger partial charge in [-0.1, -0.05) is 37.8 Å². The van der Waals surface area contributed by atoms with Gasteiger partial charge >= 0.3 is 0 Å². The Morgan fingerprint density at radius 3 is 2.45 bits per heavy atom. The van der Waals surface area contributed by atoms with Crippen LogP contribution < -0.4 is 4.90 Å². The molecule has 3 nitrogen and oxygen atoms in total. The molecule has 1 aromatic heterocycles. The molecule has 2 aromatic carbocycles. The summed E-state index contributed by atoms with van der Waals surface area (Å²) in [5, 5.41) is 9.05. The van der Waals surface area contributed by atoms with Crippen molar-refractivity contribution in [1.82, 2.24) is 4.98 Å². The van der Waals surface area contributed by atoms with Crippen LogP contribution in [0.3, 0.4) is 0 Å². The molecule has 0 saturated heterocycles. The van der Waals surface area contributed by atoms with Gasteiger partial charge in [-0.15, -0.1) is 0 Å². The Bertz CT molecular complexity index is 1160. The molecule has 0 fully saturated rings. The van der Waals surface area contributed by atoms with Gasteiger partial charge in [-0.25, -0.2) is 0 Å². The molecule has 1 atom stereocenters. The van der Waals surface area contributed by atoms with Gasteiger partial charge in [0.25, 0.3) is 0 Å². The van der Waals surface area contributed by atoms with Crippen molar-refractivity contribution >= 4 is 11.3 Å². The predicted molar refractivity (Wildman–Crippen MR) is 119 cm³/mol. The smallest absolute Gasteiger partial charge is 0.0991 e. The van der Waals surface area contributed by atoms with Crippen LogP contribution in [0.25, 0.3) is 5.57 Å². The van der Waals surface area contributed by atoms with Crippen LogP contribution in [0.2, 0.25) is 0 Å². The summed E-state index contributed by atoms with van der Waals surface area (Å²) in [5.41, 5.74) is 9.40. The number of pyridine rings is 1. The molecule has 0 N–H and O–H groups in total. The number of nitrogens with zero attached hydrogens (tertiary/aromatic N) is 3. The summed E-state index contributed by atoms with van der Waals surface area (Å²) in [6.07, 6.45) is 2.11. The van der Waals surface area contributed by atoms with Gasteiger partial charge in [0.15, 0.2) is 0 Å². The lowest BCUT2D eigenvalue weighted by Gasteiger charge is -2.30. The Morgan fingerprint density at radius 2 is 1.76 bits per heavy atom. The highest BCUT2D eigenvalue weighted by Crippen LogP contribution is 2.39. The molecule has 0 amide bonds. The summed E-state index contributed by atoms with van der Waals surface area (Å²) in [6, 6.07) is 22.7. The van der Waals surface area contributed by atoms with Crippen molar-refractivity contribution in [3.63, 3.8) is 0 Å². The van der Waals surface area contributed by atoms with Gasteiger partial charge < -0.3 is 4.90 Å². The van der Waals surface area contributed by atoms with Crippen molar-refractivity contribution < 1.29 is 0 Å².